The highest BCUT2D eigenvalue weighted by Gasteiger charge is 2.42. The molecule has 0 saturated carbocycles. The molecule has 0 aliphatic carbocycles. The van der Waals surface area contributed by atoms with Crippen molar-refractivity contribution in [1.82, 2.24) is 10.6 Å². The Morgan fingerprint density at radius 2 is 1.96 bits per heavy atom. The Balaban J connectivity index is 0.00000261. The molecule has 1 unspecified atom stereocenters. The van der Waals surface area contributed by atoms with Crippen LogP contribution in [-0.4, -0.2) is 51.2 Å². The summed E-state index contributed by atoms with van der Waals surface area (Å²) < 4.78 is 5.34. The average molecular weight is 396 g/mol. The zero-order chi connectivity index (χ0) is 18.6. The van der Waals surface area contributed by atoms with E-state index in [1.54, 1.807) is 12.0 Å². The van der Waals surface area contributed by atoms with Gasteiger partial charge in [0.25, 0.3) is 0 Å². The van der Waals surface area contributed by atoms with Crippen LogP contribution in [0.2, 0.25) is 0 Å². The molecule has 2 saturated heterocycles. The number of carbonyl (C=O) groups excluding carboxylic acids is 2. The number of methoxy groups -OCH3 is 1. The molecule has 2 fully saturated rings. The van der Waals surface area contributed by atoms with Crippen molar-refractivity contribution >= 4 is 29.9 Å². The Kier molecular flexibility index (Phi) is 7.65. The SMILES string of the molecule is COCC1(C(=O)NC2CCCN(c3ccc(C)cc3)C2=O)CCNCC1.Cl. The highest BCUT2D eigenvalue weighted by molar-refractivity contribution is 6.00. The zero-order valence-corrected chi connectivity index (χ0v) is 16.9. The first-order valence-electron chi connectivity index (χ1n) is 9.44. The van der Waals surface area contributed by atoms with E-state index in [2.05, 4.69) is 10.6 Å². The fraction of sp³-hybridized carbons (Fsp3) is 0.600. The molecule has 2 N–H and O–H groups in total. The summed E-state index contributed by atoms with van der Waals surface area (Å²) in [5.74, 6) is -0.0695. The largest absolute Gasteiger partial charge is 0.384 e. The smallest absolute Gasteiger partial charge is 0.249 e. The van der Waals surface area contributed by atoms with E-state index in [9.17, 15) is 9.59 Å². The molecule has 6 nitrogen and oxygen atoms in total. The molecule has 1 atom stereocenters. The van der Waals surface area contributed by atoms with Crippen LogP contribution in [0.4, 0.5) is 5.69 Å². The van der Waals surface area contributed by atoms with E-state index in [1.807, 2.05) is 31.2 Å². The second-order valence-electron chi connectivity index (χ2n) is 7.46. The van der Waals surface area contributed by atoms with Crippen LogP contribution in [0.15, 0.2) is 24.3 Å². The van der Waals surface area contributed by atoms with Gasteiger partial charge in [0.05, 0.1) is 12.0 Å². The van der Waals surface area contributed by atoms with Crippen LogP contribution < -0.4 is 15.5 Å². The highest BCUT2D eigenvalue weighted by atomic mass is 35.5. The minimum Gasteiger partial charge on any atom is -0.384 e. The van der Waals surface area contributed by atoms with Gasteiger partial charge in [-0.1, -0.05) is 17.7 Å². The molecule has 27 heavy (non-hydrogen) atoms. The molecule has 0 bridgehead atoms. The van der Waals surface area contributed by atoms with Gasteiger partial charge in [-0.3, -0.25) is 9.59 Å². The van der Waals surface area contributed by atoms with Crippen molar-refractivity contribution in [3.05, 3.63) is 29.8 Å². The van der Waals surface area contributed by atoms with Crippen molar-refractivity contribution in [2.24, 2.45) is 5.41 Å². The molecule has 7 heteroatoms. The van der Waals surface area contributed by atoms with Gasteiger partial charge in [-0.2, -0.15) is 0 Å². The predicted molar refractivity (Wildman–Crippen MR) is 108 cm³/mol. The number of piperidine rings is 2. The molecular weight excluding hydrogens is 366 g/mol. The van der Waals surface area contributed by atoms with Crippen LogP contribution in [0.3, 0.4) is 0 Å². The van der Waals surface area contributed by atoms with E-state index < -0.39 is 11.5 Å². The van der Waals surface area contributed by atoms with Crippen LogP contribution in [0.5, 0.6) is 0 Å². The van der Waals surface area contributed by atoms with Gasteiger partial charge >= 0.3 is 0 Å². The monoisotopic (exact) mass is 395 g/mol. The Morgan fingerprint density at radius 3 is 2.59 bits per heavy atom. The van der Waals surface area contributed by atoms with Crippen LogP contribution in [0.1, 0.15) is 31.2 Å². The molecule has 0 aromatic heterocycles. The molecule has 2 heterocycles. The lowest BCUT2D eigenvalue weighted by molar-refractivity contribution is -0.139. The van der Waals surface area contributed by atoms with E-state index in [4.69, 9.17) is 4.74 Å². The van der Waals surface area contributed by atoms with E-state index in [0.29, 0.717) is 19.6 Å². The van der Waals surface area contributed by atoms with E-state index >= 15 is 0 Å². The number of nitrogens with one attached hydrogen (secondary N) is 2. The Morgan fingerprint density at radius 1 is 1.30 bits per heavy atom. The van der Waals surface area contributed by atoms with Gasteiger partial charge in [-0.05, 0) is 57.8 Å². The molecule has 0 radical (unpaired) electrons. The number of hydrogen-bond donors (Lipinski definition) is 2. The number of ether oxygens (including phenoxy) is 1. The molecule has 0 spiro atoms. The normalized spacial score (nSPS) is 22.1. The van der Waals surface area contributed by atoms with Crippen LogP contribution in [0, 0.1) is 12.3 Å². The summed E-state index contributed by atoms with van der Waals surface area (Å²) in [4.78, 5) is 27.8. The molecule has 2 aliphatic rings. The van der Waals surface area contributed by atoms with Gasteiger partial charge in [0, 0.05) is 19.3 Å². The first-order valence-corrected chi connectivity index (χ1v) is 9.44. The second kappa shape index (κ2) is 9.53. The predicted octanol–water partition coefficient (Wildman–Crippen LogP) is 2.04. The molecule has 2 aliphatic heterocycles. The molecule has 1 aromatic carbocycles. The van der Waals surface area contributed by atoms with E-state index in [1.165, 1.54) is 0 Å². The summed E-state index contributed by atoms with van der Waals surface area (Å²) in [6.45, 7) is 4.71. The average Bonchev–Trinajstić information content (AvgIpc) is 2.65. The Hall–Kier alpha value is -1.63. The fourth-order valence-corrected chi connectivity index (χ4v) is 3.92. The topological polar surface area (TPSA) is 70.7 Å². The van der Waals surface area contributed by atoms with Crippen molar-refractivity contribution in [3.63, 3.8) is 0 Å². The molecule has 1 aromatic rings. The lowest BCUT2D eigenvalue weighted by Crippen LogP contribution is -2.57. The summed E-state index contributed by atoms with van der Waals surface area (Å²) in [5.41, 5.74) is 1.52. The highest BCUT2D eigenvalue weighted by Crippen LogP contribution is 2.30. The molecule has 3 rings (SSSR count). The number of halogens is 1. The first kappa shape index (κ1) is 21.7. The standard InChI is InChI=1S/C20H29N3O3.ClH/c1-15-5-7-16(8-6-15)23-13-3-4-17(18(23)24)22-19(25)20(14-26-2)9-11-21-12-10-20;/h5-8,17,21H,3-4,9-14H2,1-2H3,(H,22,25);1H. The van der Waals surface area contributed by atoms with Crippen LogP contribution in [-0.2, 0) is 14.3 Å². The minimum atomic E-state index is -0.535. The Bertz CT molecular complexity index is 639. The van der Waals surface area contributed by atoms with Crippen molar-refractivity contribution in [3.8, 4) is 0 Å². The number of anilines is 1. The van der Waals surface area contributed by atoms with Crippen molar-refractivity contribution in [1.29, 1.82) is 0 Å². The number of nitrogens with zero attached hydrogens (tertiary/aromatic N) is 1. The Labute approximate surface area is 167 Å². The fourth-order valence-electron chi connectivity index (χ4n) is 3.92. The van der Waals surface area contributed by atoms with Crippen LogP contribution >= 0.6 is 12.4 Å². The third-order valence-corrected chi connectivity index (χ3v) is 5.55. The summed E-state index contributed by atoms with van der Waals surface area (Å²) >= 11 is 0. The van der Waals surface area contributed by atoms with Gasteiger partial charge in [0.15, 0.2) is 0 Å². The quantitative estimate of drug-likeness (QED) is 0.800. The van der Waals surface area contributed by atoms with Crippen LogP contribution in [0.25, 0.3) is 0 Å². The third-order valence-electron chi connectivity index (χ3n) is 5.55. The second-order valence-corrected chi connectivity index (χ2v) is 7.46. The molecule has 150 valence electrons. The zero-order valence-electron chi connectivity index (χ0n) is 16.1. The maximum Gasteiger partial charge on any atom is 0.249 e. The summed E-state index contributed by atoms with van der Waals surface area (Å²) in [5, 5.41) is 6.32. The summed E-state index contributed by atoms with van der Waals surface area (Å²) in [7, 11) is 1.63. The number of hydrogen-bond acceptors (Lipinski definition) is 4. The van der Waals surface area contributed by atoms with E-state index in [-0.39, 0.29) is 24.2 Å². The van der Waals surface area contributed by atoms with Crippen molar-refractivity contribution in [2.45, 2.75) is 38.6 Å². The lowest BCUT2D eigenvalue weighted by atomic mass is 9.78. The molecular formula is C20H30ClN3O3. The maximum absolute atomic E-state index is 13.0. The van der Waals surface area contributed by atoms with Crippen molar-refractivity contribution in [2.75, 3.05) is 38.3 Å². The van der Waals surface area contributed by atoms with Gasteiger partial charge in [0.1, 0.15) is 6.04 Å². The van der Waals surface area contributed by atoms with E-state index in [0.717, 1.165) is 43.6 Å². The number of aryl methyl sites for hydroxylation is 1. The number of carbonyl (C=O) groups is 2. The maximum atomic E-state index is 13.0. The van der Waals surface area contributed by atoms with Gasteiger partial charge in [-0.25, -0.2) is 0 Å². The number of amides is 2. The number of benzene rings is 1. The minimum absolute atomic E-state index is 0. The van der Waals surface area contributed by atoms with Crippen molar-refractivity contribution < 1.29 is 14.3 Å². The number of rotatable bonds is 5. The van der Waals surface area contributed by atoms with Gasteiger partial charge < -0.3 is 20.3 Å². The molecule has 2 amide bonds. The summed E-state index contributed by atoms with van der Waals surface area (Å²) in [6.07, 6.45) is 3.03. The lowest BCUT2D eigenvalue weighted by Gasteiger charge is -2.38. The third kappa shape index (κ3) is 4.81. The van der Waals surface area contributed by atoms with Gasteiger partial charge in [0.2, 0.25) is 11.8 Å². The summed E-state index contributed by atoms with van der Waals surface area (Å²) in [6, 6.07) is 7.50. The van der Waals surface area contributed by atoms with Gasteiger partial charge in [-0.15, -0.1) is 12.4 Å². The first-order chi connectivity index (χ1) is 12.6.